The second-order valence-electron chi connectivity index (χ2n) is 5.30. The molecule has 2 aromatic rings. The second kappa shape index (κ2) is 6.15. The van der Waals surface area contributed by atoms with Crippen LogP contribution in [-0.2, 0) is 12.0 Å². The predicted octanol–water partition coefficient (Wildman–Crippen LogP) is 2.91. The van der Waals surface area contributed by atoms with E-state index in [1.165, 1.54) is 5.56 Å². The number of carbonyl (C=O) groups is 1. The Hall–Kier alpha value is -1.72. The third-order valence-corrected chi connectivity index (χ3v) is 4.04. The molecule has 0 amide bonds. The molecule has 0 fully saturated rings. The second-order valence-corrected chi connectivity index (χ2v) is 6.16. The van der Waals surface area contributed by atoms with E-state index in [1.807, 2.05) is 18.2 Å². The van der Waals surface area contributed by atoms with Gasteiger partial charge in [0.1, 0.15) is 0 Å². The molecule has 2 rings (SSSR count). The largest absolute Gasteiger partial charge is 0.476 e. The maximum atomic E-state index is 10.8. The molecule has 1 heterocycles. The van der Waals surface area contributed by atoms with Gasteiger partial charge in [0.2, 0.25) is 5.01 Å². The number of rotatable bonds is 6. The number of carboxylic acid groups (broad SMARTS) is 1. The van der Waals surface area contributed by atoms with E-state index in [4.69, 9.17) is 5.11 Å². The van der Waals surface area contributed by atoms with Crippen molar-refractivity contribution >= 4 is 17.3 Å². The first-order valence-electron chi connectivity index (χ1n) is 6.43. The van der Waals surface area contributed by atoms with E-state index >= 15 is 0 Å². The number of thiazole rings is 1. The van der Waals surface area contributed by atoms with Crippen LogP contribution in [0, 0.1) is 0 Å². The van der Waals surface area contributed by atoms with Gasteiger partial charge >= 0.3 is 5.97 Å². The molecule has 0 spiro atoms. The maximum absolute atomic E-state index is 10.8. The number of aromatic nitrogens is 1. The van der Waals surface area contributed by atoms with Gasteiger partial charge in [0, 0.05) is 23.9 Å². The maximum Gasteiger partial charge on any atom is 0.365 e. The van der Waals surface area contributed by atoms with Crippen molar-refractivity contribution in [1.82, 2.24) is 10.3 Å². The lowest BCUT2D eigenvalue weighted by molar-refractivity contribution is 0.0696. The van der Waals surface area contributed by atoms with Crippen LogP contribution in [0.1, 0.15) is 34.9 Å². The minimum absolute atomic E-state index is 0.0207. The van der Waals surface area contributed by atoms with Gasteiger partial charge in [-0.1, -0.05) is 44.2 Å². The molecule has 106 valence electrons. The first-order valence-corrected chi connectivity index (χ1v) is 7.31. The van der Waals surface area contributed by atoms with Crippen molar-refractivity contribution in [2.45, 2.75) is 25.8 Å². The van der Waals surface area contributed by atoms with E-state index in [9.17, 15) is 4.79 Å². The van der Waals surface area contributed by atoms with Crippen LogP contribution in [0.15, 0.2) is 35.7 Å². The van der Waals surface area contributed by atoms with Crippen LogP contribution in [0.25, 0.3) is 0 Å². The summed E-state index contributed by atoms with van der Waals surface area (Å²) < 4.78 is 0. The van der Waals surface area contributed by atoms with E-state index in [0.29, 0.717) is 6.54 Å². The highest BCUT2D eigenvalue weighted by atomic mass is 32.1. The molecule has 1 aromatic heterocycles. The van der Waals surface area contributed by atoms with Crippen LogP contribution in [0.5, 0.6) is 0 Å². The topological polar surface area (TPSA) is 62.2 Å². The summed E-state index contributed by atoms with van der Waals surface area (Å²) in [6.07, 6.45) is 0. The van der Waals surface area contributed by atoms with Gasteiger partial charge in [-0.15, -0.1) is 11.3 Å². The van der Waals surface area contributed by atoms with Crippen LogP contribution in [0.2, 0.25) is 0 Å². The molecule has 0 aliphatic heterocycles. The number of benzene rings is 1. The highest BCUT2D eigenvalue weighted by molar-refractivity contribution is 7.11. The molecule has 1 aromatic carbocycles. The molecular formula is C15H18N2O2S. The van der Waals surface area contributed by atoms with Crippen molar-refractivity contribution in [3.63, 3.8) is 0 Å². The molecular weight excluding hydrogens is 272 g/mol. The Labute approximate surface area is 122 Å². The Morgan fingerprint density at radius 1 is 1.35 bits per heavy atom. The molecule has 0 radical (unpaired) electrons. The van der Waals surface area contributed by atoms with Crippen molar-refractivity contribution < 1.29 is 9.90 Å². The van der Waals surface area contributed by atoms with Gasteiger partial charge in [-0.2, -0.15) is 0 Å². The highest BCUT2D eigenvalue weighted by Crippen LogP contribution is 2.21. The Kier molecular flexibility index (Phi) is 4.52. The number of aromatic carboxylic acids is 1. The summed E-state index contributed by atoms with van der Waals surface area (Å²) in [7, 11) is 0. The molecule has 0 bridgehead atoms. The smallest absolute Gasteiger partial charge is 0.365 e. The molecule has 0 saturated carbocycles. The normalized spacial score (nSPS) is 11.5. The zero-order valence-electron chi connectivity index (χ0n) is 11.6. The van der Waals surface area contributed by atoms with Gasteiger partial charge < -0.3 is 10.4 Å². The van der Waals surface area contributed by atoms with Gasteiger partial charge in [-0.3, -0.25) is 0 Å². The zero-order valence-corrected chi connectivity index (χ0v) is 12.4. The average molecular weight is 290 g/mol. The monoisotopic (exact) mass is 290 g/mol. The van der Waals surface area contributed by atoms with Crippen LogP contribution >= 0.6 is 11.3 Å². The van der Waals surface area contributed by atoms with Crippen LogP contribution in [0.3, 0.4) is 0 Å². The standard InChI is InChI=1S/C15H18N2O2S/c1-15(2,11-6-4-3-5-7-11)10-16-8-12-9-20-13(17-12)14(18)19/h3-7,9,16H,8,10H2,1-2H3,(H,18,19). The van der Waals surface area contributed by atoms with E-state index in [-0.39, 0.29) is 10.4 Å². The molecule has 0 unspecified atom stereocenters. The summed E-state index contributed by atoms with van der Waals surface area (Å²) in [6, 6.07) is 10.3. The molecule has 0 saturated heterocycles. The van der Waals surface area contributed by atoms with E-state index in [1.54, 1.807) is 5.38 Å². The lowest BCUT2D eigenvalue weighted by Gasteiger charge is -2.25. The lowest BCUT2D eigenvalue weighted by Crippen LogP contribution is -2.32. The Bertz CT molecular complexity index is 579. The molecule has 20 heavy (non-hydrogen) atoms. The summed E-state index contributed by atoms with van der Waals surface area (Å²) in [6.45, 7) is 5.75. The fourth-order valence-corrected chi connectivity index (χ4v) is 2.64. The van der Waals surface area contributed by atoms with Crippen LogP contribution in [0.4, 0.5) is 0 Å². The van der Waals surface area contributed by atoms with Gasteiger partial charge in [0.15, 0.2) is 0 Å². The number of nitrogens with one attached hydrogen (secondary N) is 1. The quantitative estimate of drug-likeness (QED) is 0.858. The van der Waals surface area contributed by atoms with Crippen molar-refractivity contribution in [2.24, 2.45) is 0 Å². The fourth-order valence-electron chi connectivity index (χ4n) is 1.98. The highest BCUT2D eigenvalue weighted by Gasteiger charge is 2.19. The van der Waals surface area contributed by atoms with Crippen molar-refractivity contribution in [3.05, 3.63) is 52.0 Å². The number of hydrogen-bond acceptors (Lipinski definition) is 4. The van der Waals surface area contributed by atoms with Crippen molar-refractivity contribution in [2.75, 3.05) is 6.54 Å². The Balaban J connectivity index is 1.90. The first-order chi connectivity index (χ1) is 9.49. The average Bonchev–Trinajstić information content (AvgIpc) is 2.89. The first kappa shape index (κ1) is 14.7. The zero-order chi connectivity index (χ0) is 14.6. The Morgan fingerprint density at radius 2 is 2.05 bits per heavy atom. The van der Waals surface area contributed by atoms with E-state index < -0.39 is 5.97 Å². The summed E-state index contributed by atoms with van der Waals surface area (Å²) in [4.78, 5) is 14.8. The Morgan fingerprint density at radius 3 is 2.65 bits per heavy atom. The summed E-state index contributed by atoms with van der Waals surface area (Å²) in [5.74, 6) is -0.967. The molecule has 4 nitrogen and oxygen atoms in total. The van der Waals surface area contributed by atoms with E-state index in [0.717, 1.165) is 23.6 Å². The van der Waals surface area contributed by atoms with Crippen LogP contribution < -0.4 is 5.32 Å². The van der Waals surface area contributed by atoms with Gasteiger partial charge in [-0.05, 0) is 5.56 Å². The lowest BCUT2D eigenvalue weighted by atomic mass is 9.84. The number of carboxylic acids is 1. The summed E-state index contributed by atoms with van der Waals surface area (Å²) in [5, 5.41) is 14.1. The fraction of sp³-hybridized carbons (Fsp3) is 0.333. The molecule has 0 aliphatic rings. The molecule has 5 heteroatoms. The number of nitrogens with zero attached hydrogens (tertiary/aromatic N) is 1. The summed E-state index contributed by atoms with van der Waals surface area (Å²) >= 11 is 1.16. The van der Waals surface area contributed by atoms with Crippen molar-refractivity contribution in [3.8, 4) is 0 Å². The minimum atomic E-state index is -0.967. The predicted molar refractivity (Wildman–Crippen MR) is 80.2 cm³/mol. The SMILES string of the molecule is CC(C)(CNCc1csc(C(=O)O)n1)c1ccccc1. The van der Waals surface area contributed by atoms with Gasteiger partial charge in [-0.25, -0.2) is 9.78 Å². The molecule has 0 atom stereocenters. The third-order valence-electron chi connectivity index (χ3n) is 3.16. The van der Waals surface area contributed by atoms with Gasteiger partial charge in [0.25, 0.3) is 0 Å². The molecule has 2 N–H and O–H groups in total. The summed E-state index contributed by atoms with van der Waals surface area (Å²) in [5.41, 5.74) is 2.07. The third kappa shape index (κ3) is 3.65. The van der Waals surface area contributed by atoms with Crippen LogP contribution in [-0.4, -0.2) is 22.6 Å². The number of hydrogen-bond donors (Lipinski definition) is 2. The molecule has 0 aliphatic carbocycles. The minimum Gasteiger partial charge on any atom is -0.476 e. The van der Waals surface area contributed by atoms with E-state index in [2.05, 4.69) is 36.3 Å². The van der Waals surface area contributed by atoms with Crippen molar-refractivity contribution in [1.29, 1.82) is 0 Å². The van der Waals surface area contributed by atoms with Gasteiger partial charge in [0.05, 0.1) is 5.69 Å².